The number of rotatable bonds is 5. The fourth-order valence-corrected chi connectivity index (χ4v) is 3.09. The average molecular weight is 411 g/mol. The van der Waals surface area contributed by atoms with E-state index in [0.29, 0.717) is 22.2 Å². The third-order valence-corrected chi connectivity index (χ3v) is 4.75. The quantitative estimate of drug-likeness (QED) is 0.505. The minimum Gasteiger partial charge on any atom is -0.355 e. The van der Waals surface area contributed by atoms with Gasteiger partial charge in [0.25, 0.3) is 5.91 Å². The second-order valence-electron chi connectivity index (χ2n) is 6.43. The third-order valence-electron chi connectivity index (χ3n) is 4.39. The predicted molar refractivity (Wildman–Crippen MR) is 107 cm³/mol. The molecule has 0 aliphatic carbocycles. The molecule has 1 N–H and O–H groups in total. The summed E-state index contributed by atoms with van der Waals surface area (Å²) >= 11 is 6.09. The maximum Gasteiger partial charge on any atom is 0.279 e. The van der Waals surface area contributed by atoms with Gasteiger partial charge in [0.15, 0.2) is 17.3 Å². The molecule has 8 heteroatoms. The first kappa shape index (κ1) is 18.9. The highest BCUT2D eigenvalue weighted by Gasteiger charge is 2.16. The predicted octanol–water partition coefficient (Wildman–Crippen LogP) is 4.94. The fraction of sp³-hybridized carbons (Fsp3) is 0.0952. The van der Waals surface area contributed by atoms with Crippen LogP contribution >= 0.6 is 11.6 Å². The van der Waals surface area contributed by atoms with Gasteiger partial charge in [0.2, 0.25) is 0 Å². The van der Waals surface area contributed by atoms with Crippen LogP contribution in [0.25, 0.3) is 11.3 Å². The number of aryl methyl sites for hydroxylation is 1. The number of anilines is 1. The largest absolute Gasteiger partial charge is 0.355 e. The van der Waals surface area contributed by atoms with E-state index >= 15 is 0 Å². The van der Waals surface area contributed by atoms with Crippen LogP contribution in [0.1, 0.15) is 21.7 Å². The van der Waals surface area contributed by atoms with E-state index in [1.165, 1.54) is 6.07 Å². The van der Waals surface area contributed by atoms with Crippen LogP contribution < -0.4 is 5.32 Å². The molecule has 29 heavy (non-hydrogen) atoms. The lowest BCUT2D eigenvalue weighted by Crippen LogP contribution is -2.13. The molecule has 0 unspecified atom stereocenters. The first-order chi connectivity index (χ1) is 14.0. The molecule has 146 valence electrons. The van der Waals surface area contributed by atoms with Crippen molar-refractivity contribution >= 4 is 23.3 Å². The van der Waals surface area contributed by atoms with Crippen molar-refractivity contribution < 1.29 is 13.7 Å². The Kier molecular flexibility index (Phi) is 5.14. The number of carbonyl (C=O) groups excluding carboxylic acids is 1. The van der Waals surface area contributed by atoms with E-state index in [2.05, 4.69) is 15.6 Å². The van der Waals surface area contributed by atoms with E-state index in [-0.39, 0.29) is 12.2 Å². The van der Waals surface area contributed by atoms with Gasteiger partial charge in [0.05, 0.1) is 6.54 Å². The summed E-state index contributed by atoms with van der Waals surface area (Å²) in [5, 5.41) is 11.1. The molecule has 0 aliphatic heterocycles. The first-order valence-corrected chi connectivity index (χ1v) is 9.20. The maximum atomic E-state index is 14.0. The smallest absolute Gasteiger partial charge is 0.279 e. The molecule has 2 heterocycles. The first-order valence-electron chi connectivity index (χ1n) is 8.82. The SMILES string of the molecule is Cc1cc(NC(=O)c2cc(-c3ccccc3)on2)nn1Cc1c(F)cccc1Cl. The highest BCUT2D eigenvalue weighted by atomic mass is 35.5. The Morgan fingerprint density at radius 3 is 2.72 bits per heavy atom. The molecule has 0 aliphatic rings. The van der Waals surface area contributed by atoms with E-state index in [1.54, 1.807) is 35.9 Å². The number of nitrogens with zero attached hydrogens (tertiary/aromatic N) is 3. The van der Waals surface area contributed by atoms with Crippen molar-refractivity contribution in [3.05, 3.63) is 88.5 Å². The van der Waals surface area contributed by atoms with Gasteiger partial charge < -0.3 is 9.84 Å². The molecular weight excluding hydrogens is 395 g/mol. The molecule has 0 radical (unpaired) electrons. The van der Waals surface area contributed by atoms with E-state index < -0.39 is 11.7 Å². The third kappa shape index (κ3) is 4.05. The molecular formula is C21H16ClFN4O2. The van der Waals surface area contributed by atoms with Crippen molar-refractivity contribution in [2.24, 2.45) is 0 Å². The Hall–Kier alpha value is -3.45. The van der Waals surface area contributed by atoms with Gasteiger partial charge in [-0.3, -0.25) is 9.48 Å². The van der Waals surface area contributed by atoms with Crippen LogP contribution in [-0.4, -0.2) is 20.8 Å². The van der Waals surface area contributed by atoms with E-state index in [0.717, 1.165) is 11.3 Å². The molecule has 2 aromatic carbocycles. The number of nitrogens with one attached hydrogen (secondary N) is 1. The second-order valence-corrected chi connectivity index (χ2v) is 6.83. The number of benzene rings is 2. The van der Waals surface area contributed by atoms with E-state index in [4.69, 9.17) is 16.1 Å². The zero-order valence-electron chi connectivity index (χ0n) is 15.4. The molecule has 0 fully saturated rings. The van der Waals surface area contributed by atoms with E-state index in [9.17, 15) is 9.18 Å². The number of carbonyl (C=O) groups is 1. The summed E-state index contributed by atoms with van der Waals surface area (Å²) in [5.41, 5.74) is 2.03. The minimum atomic E-state index is -0.454. The molecule has 0 saturated carbocycles. The lowest BCUT2D eigenvalue weighted by atomic mass is 10.1. The van der Waals surface area contributed by atoms with E-state index in [1.807, 2.05) is 30.3 Å². The van der Waals surface area contributed by atoms with Gasteiger partial charge in [-0.25, -0.2) is 4.39 Å². The van der Waals surface area contributed by atoms with Gasteiger partial charge in [-0.15, -0.1) is 0 Å². The van der Waals surface area contributed by atoms with Crippen molar-refractivity contribution in [2.45, 2.75) is 13.5 Å². The second kappa shape index (κ2) is 7.89. The fourth-order valence-electron chi connectivity index (χ4n) is 2.87. The highest BCUT2D eigenvalue weighted by Crippen LogP contribution is 2.22. The molecule has 0 atom stereocenters. The summed E-state index contributed by atoms with van der Waals surface area (Å²) in [6.07, 6.45) is 0. The molecule has 0 bridgehead atoms. The molecule has 0 spiro atoms. The van der Waals surface area contributed by atoms with Crippen LogP contribution in [-0.2, 0) is 6.54 Å². The van der Waals surface area contributed by atoms with Crippen molar-refractivity contribution in [2.75, 3.05) is 5.32 Å². The zero-order chi connectivity index (χ0) is 20.4. The Morgan fingerprint density at radius 1 is 1.17 bits per heavy atom. The summed E-state index contributed by atoms with van der Waals surface area (Å²) in [5.74, 6) is -0.0468. The lowest BCUT2D eigenvalue weighted by molar-refractivity contribution is 0.101. The Balaban J connectivity index is 1.50. The molecule has 2 aromatic heterocycles. The number of halogens is 2. The topological polar surface area (TPSA) is 73.0 Å². The van der Waals surface area contributed by atoms with Crippen molar-refractivity contribution in [1.29, 1.82) is 0 Å². The molecule has 1 amide bonds. The normalized spacial score (nSPS) is 10.9. The number of aromatic nitrogens is 3. The van der Waals surface area contributed by atoms with Crippen molar-refractivity contribution in [3.8, 4) is 11.3 Å². The van der Waals surface area contributed by atoms with Crippen LogP contribution in [0.2, 0.25) is 5.02 Å². The van der Waals surface area contributed by atoms with Crippen LogP contribution in [0, 0.1) is 12.7 Å². The Bertz CT molecular complexity index is 1150. The lowest BCUT2D eigenvalue weighted by Gasteiger charge is -2.07. The van der Waals surface area contributed by atoms with Crippen LogP contribution in [0.3, 0.4) is 0 Å². The molecule has 4 aromatic rings. The highest BCUT2D eigenvalue weighted by molar-refractivity contribution is 6.31. The summed E-state index contributed by atoms with van der Waals surface area (Å²) in [6, 6.07) is 17.1. The maximum absolute atomic E-state index is 14.0. The van der Waals surface area contributed by atoms with Gasteiger partial charge in [-0.2, -0.15) is 5.10 Å². The zero-order valence-corrected chi connectivity index (χ0v) is 16.2. The van der Waals surface area contributed by atoms with Crippen molar-refractivity contribution in [3.63, 3.8) is 0 Å². The van der Waals surface area contributed by atoms with Crippen molar-refractivity contribution in [1.82, 2.24) is 14.9 Å². The Labute approximate surface area is 170 Å². The van der Waals surface area contributed by atoms with Gasteiger partial charge in [-0.1, -0.05) is 53.2 Å². The van der Waals surface area contributed by atoms with Crippen LogP contribution in [0.5, 0.6) is 0 Å². The molecule has 6 nitrogen and oxygen atoms in total. The average Bonchev–Trinajstić information content (AvgIpc) is 3.33. The number of hydrogen-bond donors (Lipinski definition) is 1. The van der Waals surface area contributed by atoms with Gasteiger partial charge in [-0.05, 0) is 19.1 Å². The molecule has 0 saturated heterocycles. The van der Waals surface area contributed by atoms with Gasteiger partial charge >= 0.3 is 0 Å². The number of hydrogen-bond acceptors (Lipinski definition) is 4. The minimum absolute atomic E-state index is 0.133. The standard InChI is InChI=1S/C21H16ClFN4O2/c1-13-10-20(25-27(13)12-15-16(22)8-5-9-17(15)23)24-21(28)18-11-19(29-26-18)14-6-3-2-4-7-14/h2-11H,12H2,1H3,(H,24,25,28). The molecule has 4 rings (SSSR count). The van der Waals surface area contributed by atoms with Gasteiger partial charge in [0.1, 0.15) is 5.82 Å². The summed E-state index contributed by atoms with van der Waals surface area (Å²) in [6.45, 7) is 1.95. The summed E-state index contributed by atoms with van der Waals surface area (Å²) in [4.78, 5) is 12.5. The number of amides is 1. The Morgan fingerprint density at radius 2 is 1.97 bits per heavy atom. The monoisotopic (exact) mass is 410 g/mol. The summed E-state index contributed by atoms with van der Waals surface area (Å²) < 4.78 is 20.9. The van der Waals surface area contributed by atoms with Gasteiger partial charge in [0, 0.05) is 34.0 Å². The van der Waals surface area contributed by atoms with Crippen LogP contribution in [0.15, 0.2) is 65.2 Å². The summed E-state index contributed by atoms with van der Waals surface area (Å²) in [7, 11) is 0. The van der Waals surface area contributed by atoms with Crippen LogP contribution in [0.4, 0.5) is 10.2 Å².